The molecule has 0 bridgehead atoms. The molecule has 0 radical (unpaired) electrons. The molecule has 1 aliphatic rings. The third-order valence-electron chi connectivity index (χ3n) is 1.95. The van der Waals surface area contributed by atoms with E-state index >= 15 is 0 Å². The van der Waals surface area contributed by atoms with Crippen LogP contribution in [-0.2, 0) is 0 Å². The molecule has 2 rings (SSSR count). The molecule has 0 aliphatic carbocycles. The van der Waals surface area contributed by atoms with E-state index in [1.54, 1.807) is 0 Å². The number of nitrogens with one attached hydrogen (secondary N) is 1. The van der Waals surface area contributed by atoms with E-state index in [9.17, 15) is 0 Å². The molecule has 0 amide bonds. The summed E-state index contributed by atoms with van der Waals surface area (Å²) in [6.07, 6.45) is 1.85. The van der Waals surface area contributed by atoms with Crippen molar-refractivity contribution in [3.63, 3.8) is 0 Å². The topological polar surface area (TPSA) is 24.5 Å². The van der Waals surface area contributed by atoms with Crippen molar-refractivity contribution >= 4 is 22.9 Å². The van der Waals surface area contributed by atoms with Crippen LogP contribution in [0.1, 0.15) is 0 Å². The lowest BCUT2D eigenvalue weighted by Gasteiger charge is -2.22. The smallest absolute Gasteiger partial charge is 0.177 e. The number of benzene rings is 1. The van der Waals surface area contributed by atoms with Crippen molar-refractivity contribution in [1.82, 2.24) is 4.90 Å². The minimum Gasteiger partial charge on any atom is -0.451 e. The van der Waals surface area contributed by atoms with Gasteiger partial charge in [-0.15, -0.1) is 0 Å². The zero-order valence-electron chi connectivity index (χ0n) is 8.65. The molecular formula is C11H12N2OS. The normalized spacial score (nSPS) is 16.7. The Morgan fingerprint density at radius 1 is 1.33 bits per heavy atom. The number of hydrogen-bond donors (Lipinski definition) is 1. The first-order valence-corrected chi connectivity index (χ1v) is 5.04. The van der Waals surface area contributed by atoms with Crippen LogP contribution < -0.4 is 10.1 Å². The van der Waals surface area contributed by atoms with Crippen molar-refractivity contribution in [3.8, 4) is 5.75 Å². The van der Waals surface area contributed by atoms with E-state index in [0.717, 1.165) is 11.4 Å². The number of thiocarbonyl (C=S) groups is 1. The molecule has 0 atom stereocenters. The Morgan fingerprint density at radius 3 is 2.80 bits per heavy atom. The zero-order valence-corrected chi connectivity index (χ0v) is 9.47. The van der Waals surface area contributed by atoms with Gasteiger partial charge in [0.15, 0.2) is 11.5 Å². The molecule has 0 saturated carbocycles. The molecule has 15 heavy (non-hydrogen) atoms. The molecule has 0 aromatic heterocycles. The average molecular weight is 220 g/mol. The molecular weight excluding hydrogens is 208 g/mol. The molecule has 1 heterocycles. The van der Waals surface area contributed by atoms with Crippen LogP contribution in [0.3, 0.4) is 0 Å². The van der Waals surface area contributed by atoms with Crippen molar-refractivity contribution in [3.05, 3.63) is 36.2 Å². The molecule has 1 aromatic carbocycles. The summed E-state index contributed by atoms with van der Waals surface area (Å²) in [4.78, 5) is 2.51. The Labute approximate surface area is 94.3 Å². The molecule has 0 fully saturated rings. The molecule has 1 N–H and O–H groups in total. The predicted molar refractivity (Wildman–Crippen MR) is 65.1 cm³/mol. The lowest BCUT2D eigenvalue weighted by atomic mass is 10.2. The van der Waals surface area contributed by atoms with Gasteiger partial charge in [0.1, 0.15) is 4.99 Å². The van der Waals surface area contributed by atoms with Gasteiger partial charge in [-0.3, -0.25) is 0 Å². The molecule has 3 nitrogen and oxygen atoms in total. The highest BCUT2D eigenvalue weighted by atomic mass is 32.1. The van der Waals surface area contributed by atoms with Gasteiger partial charge in [-0.05, 0) is 12.1 Å². The number of anilines is 1. The second kappa shape index (κ2) is 3.90. The second-order valence-electron chi connectivity index (χ2n) is 3.51. The van der Waals surface area contributed by atoms with Gasteiger partial charge in [0.25, 0.3) is 0 Å². The van der Waals surface area contributed by atoms with Crippen LogP contribution in [0.25, 0.3) is 0 Å². The summed E-state index contributed by atoms with van der Waals surface area (Å²) in [5.74, 6) is 1.48. The van der Waals surface area contributed by atoms with Crippen molar-refractivity contribution in [2.45, 2.75) is 0 Å². The fourth-order valence-corrected chi connectivity index (χ4v) is 1.53. The summed E-state index contributed by atoms with van der Waals surface area (Å²) in [7, 11) is 3.86. The van der Waals surface area contributed by atoms with Gasteiger partial charge in [-0.2, -0.15) is 0 Å². The molecule has 1 aliphatic heterocycles. The lowest BCUT2D eigenvalue weighted by molar-refractivity contribution is 0.428. The van der Waals surface area contributed by atoms with E-state index in [2.05, 4.69) is 5.32 Å². The van der Waals surface area contributed by atoms with Gasteiger partial charge in [0, 0.05) is 20.3 Å². The highest BCUT2D eigenvalue weighted by molar-refractivity contribution is 7.81. The minimum atomic E-state index is 0.613. The van der Waals surface area contributed by atoms with Gasteiger partial charge in [-0.1, -0.05) is 24.4 Å². The standard InChI is InChI=1S/C11H12N2OS/c1-13(2)7-10-11(15)12-8-5-3-4-6-9(8)14-10/h3-7H,1-2H3,(H,12,15)/b10-7+. The van der Waals surface area contributed by atoms with E-state index in [1.807, 2.05) is 49.5 Å². The maximum Gasteiger partial charge on any atom is 0.177 e. The number of nitrogens with zero attached hydrogens (tertiary/aromatic N) is 1. The molecule has 0 saturated heterocycles. The van der Waals surface area contributed by atoms with E-state index < -0.39 is 0 Å². The maximum atomic E-state index is 5.67. The maximum absolute atomic E-state index is 5.67. The molecule has 78 valence electrons. The number of fused-ring (bicyclic) bond motifs is 1. The van der Waals surface area contributed by atoms with Crippen LogP contribution in [0.4, 0.5) is 5.69 Å². The predicted octanol–water partition coefficient (Wildman–Crippen LogP) is 2.22. The molecule has 0 unspecified atom stereocenters. The van der Waals surface area contributed by atoms with Crippen molar-refractivity contribution in [1.29, 1.82) is 0 Å². The summed E-state index contributed by atoms with van der Waals surface area (Å²) in [6.45, 7) is 0. The monoisotopic (exact) mass is 220 g/mol. The third-order valence-corrected chi connectivity index (χ3v) is 2.26. The number of ether oxygens (including phenoxy) is 1. The van der Waals surface area contributed by atoms with Crippen LogP contribution in [0, 0.1) is 0 Å². The first kappa shape index (κ1) is 9.98. The first-order valence-electron chi connectivity index (χ1n) is 4.63. The summed E-state index contributed by atoms with van der Waals surface area (Å²) >= 11 is 5.19. The zero-order chi connectivity index (χ0) is 10.8. The number of para-hydroxylation sites is 2. The van der Waals surface area contributed by atoms with E-state index in [0.29, 0.717) is 10.7 Å². The van der Waals surface area contributed by atoms with Crippen LogP contribution in [0.15, 0.2) is 36.2 Å². The summed E-state index contributed by atoms with van der Waals surface area (Å²) in [5, 5.41) is 3.13. The largest absolute Gasteiger partial charge is 0.451 e. The summed E-state index contributed by atoms with van der Waals surface area (Å²) in [5.41, 5.74) is 0.915. The van der Waals surface area contributed by atoms with Crippen molar-refractivity contribution in [2.75, 3.05) is 19.4 Å². The van der Waals surface area contributed by atoms with Crippen LogP contribution in [0.2, 0.25) is 0 Å². The van der Waals surface area contributed by atoms with Crippen LogP contribution in [-0.4, -0.2) is 24.0 Å². The van der Waals surface area contributed by atoms with E-state index in [1.165, 1.54) is 0 Å². The SMILES string of the molecule is CN(C)/C=C1/Oc2ccccc2NC1=S. The fourth-order valence-electron chi connectivity index (χ4n) is 1.33. The third kappa shape index (κ3) is 2.10. The van der Waals surface area contributed by atoms with Gasteiger partial charge in [0.05, 0.1) is 5.69 Å². The minimum absolute atomic E-state index is 0.613. The Kier molecular flexibility index (Phi) is 2.60. The van der Waals surface area contributed by atoms with Gasteiger partial charge in [-0.25, -0.2) is 0 Å². The first-order chi connectivity index (χ1) is 7.16. The van der Waals surface area contributed by atoms with Crippen molar-refractivity contribution in [2.24, 2.45) is 0 Å². The van der Waals surface area contributed by atoms with Gasteiger partial charge < -0.3 is 15.0 Å². The van der Waals surface area contributed by atoms with Crippen LogP contribution >= 0.6 is 12.2 Å². The van der Waals surface area contributed by atoms with E-state index in [4.69, 9.17) is 17.0 Å². The lowest BCUT2D eigenvalue weighted by Crippen LogP contribution is -2.23. The summed E-state index contributed by atoms with van der Waals surface area (Å²) < 4.78 is 5.67. The number of hydrogen-bond acceptors (Lipinski definition) is 3. The van der Waals surface area contributed by atoms with Crippen molar-refractivity contribution < 1.29 is 4.74 Å². The Hall–Kier alpha value is -1.55. The number of rotatable bonds is 1. The van der Waals surface area contributed by atoms with Gasteiger partial charge >= 0.3 is 0 Å². The van der Waals surface area contributed by atoms with E-state index in [-0.39, 0.29) is 0 Å². The highest BCUT2D eigenvalue weighted by Gasteiger charge is 2.18. The highest BCUT2D eigenvalue weighted by Crippen LogP contribution is 2.30. The second-order valence-corrected chi connectivity index (χ2v) is 3.92. The molecule has 0 spiro atoms. The summed E-state index contributed by atoms with van der Waals surface area (Å²) in [6, 6.07) is 7.72. The quantitative estimate of drug-likeness (QED) is 0.579. The Bertz CT molecular complexity index is 426. The Morgan fingerprint density at radius 2 is 2.07 bits per heavy atom. The average Bonchev–Trinajstić information content (AvgIpc) is 2.18. The fraction of sp³-hybridized carbons (Fsp3) is 0.182. The molecule has 4 heteroatoms. The molecule has 1 aromatic rings. The van der Waals surface area contributed by atoms with Crippen LogP contribution in [0.5, 0.6) is 5.75 Å². The van der Waals surface area contributed by atoms with Gasteiger partial charge in [0.2, 0.25) is 0 Å². The Balaban J connectivity index is 2.34.